The van der Waals surface area contributed by atoms with Gasteiger partial charge in [0.25, 0.3) is 0 Å². The van der Waals surface area contributed by atoms with Gasteiger partial charge in [-0.25, -0.2) is 4.79 Å². The summed E-state index contributed by atoms with van der Waals surface area (Å²) in [4.78, 5) is 11.0. The quantitative estimate of drug-likeness (QED) is 0.590. The van der Waals surface area contributed by atoms with E-state index in [0.29, 0.717) is 18.6 Å². The molecule has 0 saturated heterocycles. The number of ether oxygens (including phenoxy) is 2. The molecule has 1 heterocycles. The number of hydrogen-bond donors (Lipinski definition) is 1. The Morgan fingerprint density at radius 2 is 1.76 bits per heavy atom. The van der Waals surface area contributed by atoms with Crippen molar-refractivity contribution in [2.75, 3.05) is 6.61 Å². The van der Waals surface area contributed by atoms with Crippen molar-refractivity contribution < 1.29 is 19.4 Å². The molecule has 0 spiro atoms. The molecular weight excluding hydrogens is 316 g/mol. The largest absolute Gasteiger partial charge is 0.493 e. The molecule has 1 unspecified atom stereocenters. The maximum atomic E-state index is 11.0. The van der Waals surface area contributed by atoms with Crippen LogP contribution in [0.3, 0.4) is 0 Å². The SMILES string of the molecule is O=C1C=C(CCCCOc2ccccc2Cc2ccccc2)C(O)O1. The van der Waals surface area contributed by atoms with Crippen LogP contribution in [-0.2, 0) is 16.0 Å². The normalized spacial score (nSPS) is 16.4. The molecule has 0 aromatic heterocycles. The minimum absolute atomic E-state index is 0.464. The van der Waals surface area contributed by atoms with Gasteiger partial charge in [0.1, 0.15) is 5.75 Å². The fourth-order valence-electron chi connectivity index (χ4n) is 2.86. The molecule has 1 N–H and O–H groups in total. The van der Waals surface area contributed by atoms with Crippen LogP contribution in [-0.4, -0.2) is 24.0 Å². The molecule has 130 valence electrons. The fourth-order valence-corrected chi connectivity index (χ4v) is 2.86. The molecule has 0 bridgehead atoms. The molecule has 1 aliphatic rings. The highest BCUT2D eigenvalue weighted by atomic mass is 16.6. The van der Waals surface area contributed by atoms with Crippen LogP contribution in [0.5, 0.6) is 5.75 Å². The van der Waals surface area contributed by atoms with E-state index in [1.165, 1.54) is 17.2 Å². The lowest BCUT2D eigenvalue weighted by Crippen LogP contribution is -2.10. The first-order valence-corrected chi connectivity index (χ1v) is 8.56. The molecule has 1 aliphatic heterocycles. The second-order valence-electron chi connectivity index (χ2n) is 6.08. The standard InChI is InChI=1S/C21H22O4/c22-20-15-18(21(23)25-20)11-6-7-13-24-19-12-5-4-10-17(19)14-16-8-2-1-3-9-16/h1-5,8-10,12,15,21,23H,6-7,11,13-14H2. The number of aliphatic hydroxyl groups excluding tert-OH is 1. The van der Waals surface area contributed by atoms with Crippen molar-refractivity contribution in [1.82, 2.24) is 0 Å². The van der Waals surface area contributed by atoms with E-state index in [0.717, 1.165) is 25.0 Å². The Bertz CT molecular complexity index is 737. The van der Waals surface area contributed by atoms with Gasteiger partial charge in [0, 0.05) is 18.1 Å². The second kappa shape index (κ2) is 8.49. The third-order valence-electron chi connectivity index (χ3n) is 4.18. The van der Waals surface area contributed by atoms with E-state index in [9.17, 15) is 9.90 Å². The average molecular weight is 338 g/mol. The van der Waals surface area contributed by atoms with E-state index in [-0.39, 0.29) is 0 Å². The second-order valence-corrected chi connectivity index (χ2v) is 6.08. The molecule has 2 aromatic carbocycles. The summed E-state index contributed by atoms with van der Waals surface area (Å²) in [5.74, 6) is 0.443. The highest BCUT2D eigenvalue weighted by molar-refractivity contribution is 5.85. The van der Waals surface area contributed by atoms with E-state index in [2.05, 4.69) is 22.9 Å². The van der Waals surface area contributed by atoms with Gasteiger partial charge in [-0.1, -0.05) is 48.5 Å². The molecular formula is C21H22O4. The first-order chi connectivity index (χ1) is 12.2. The van der Waals surface area contributed by atoms with Gasteiger partial charge < -0.3 is 14.6 Å². The fraction of sp³-hybridized carbons (Fsp3) is 0.286. The zero-order chi connectivity index (χ0) is 17.5. The van der Waals surface area contributed by atoms with Crippen molar-refractivity contribution in [3.05, 3.63) is 77.4 Å². The van der Waals surface area contributed by atoms with Gasteiger partial charge in [-0.2, -0.15) is 0 Å². The Kier molecular flexibility index (Phi) is 5.86. The van der Waals surface area contributed by atoms with E-state index < -0.39 is 12.3 Å². The van der Waals surface area contributed by atoms with E-state index in [1.807, 2.05) is 36.4 Å². The number of hydrogen-bond acceptors (Lipinski definition) is 4. The molecule has 4 heteroatoms. The molecule has 3 rings (SSSR count). The topological polar surface area (TPSA) is 55.8 Å². The number of para-hydroxylation sites is 1. The molecule has 1 atom stereocenters. The number of benzene rings is 2. The maximum absolute atomic E-state index is 11.0. The molecule has 0 fully saturated rings. The Labute approximate surface area is 147 Å². The van der Waals surface area contributed by atoms with Crippen LogP contribution in [0.25, 0.3) is 0 Å². The Hall–Kier alpha value is -2.59. The Morgan fingerprint density at radius 1 is 1.00 bits per heavy atom. The lowest BCUT2D eigenvalue weighted by Gasteiger charge is -2.12. The zero-order valence-corrected chi connectivity index (χ0v) is 14.1. The average Bonchev–Trinajstić information content (AvgIpc) is 2.94. The van der Waals surface area contributed by atoms with Gasteiger partial charge in [-0.3, -0.25) is 0 Å². The third kappa shape index (κ3) is 4.94. The van der Waals surface area contributed by atoms with E-state index in [1.54, 1.807) is 0 Å². The van der Waals surface area contributed by atoms with Crippen molar-refractivity contribution in [3.8, 4) is 5.75 Å². The summed E-state index contributed by atoms with van der Waals surface area (Å²) in [6.07, 6.45) is 3.47. The number of carbonyl (C=O) groups excluding carboxylic acids is 1. The van der Waals surface area contributed by atoms with Crippen molar-refractivity contribution >= 4 is 5.97 Å². The van der Waals surface area contributed by atoms with Crippen LogP contribution in [0.1, 0.15) is 30.4 Å². The minimum Gasteiger partial charge on any atom is -0.493 e. The van der Waals surface area contributed by atoms with Crippen molar-refractivity contribution in [1.29, 1.82) is 0 Å². The zero-order valence-electron chi connectivity index (χ0n) is 14.1. The van der Waals surface area contributed by atoms with Crippen LogP contribution in [0.4, 0.5) is 0 Å². The van der Waals surface area contributed by atoms with Crippen molar-refractivity contribution in [2.45, 2.75) is 32.0 Å². The van der Waals surface area contributed by atoms with Crippen molar-refractivity contribution in [3.63, 3.8) is 0 Å². The summed E-state index contributed by atoms with van der Waals surface area (Å²) in [5.41, 5.74) is 3.07. The van der Waals surface area contributed by atoms with Crippen molar-refractivity contribution in [2.24, 2.45) is 0 Å². The van der Waals surface area contributed by atoms with E-state index >= 15 is 0 Å². The predicted octanol–water partition coefficient (Wildman–Crippen LogP) is 3.63. The van der Waals surface area contributed by atoms with Gasteiger partial charge in [0.15, 0.2) is 0 Å². The first kappa shape index (κ1) is 17.2. The monoisotopic (exact) mass is 338 g/mol. The number of unbranched alkanes of at least 4 members (excludes halogenated alkanes) is 1. The van der Waals surface area contributed by atoms with Gasteiger partial charge in [-0.15, -0.1) is 0 Å². The third-order valence-corrected chi connectivity index (χ3v) is 4.18. The highest BCUT2D eigenvalue weighted by Crippen LogP contribution is 2.23. The Balaban J connectivity index is 1.47. The van der Waals surface area contributed by atoms with Crippen LogP contribution < -0.4 is 4.74 Å². The lowest BCUT2D eigenvalue weighted by molar-refractivity contribution is -0.151. The lowest BCUT2D eigenvalue weighted by atomic mass is 10.0. The molecule has 0 radical (unpaired) electrons. The molecule has 25 heavy (non-hydrogen) atoms. The molecule has 4 nitrogen and oxygen atoms in total. The van der Waals surface area contributed by atoms with Crippen LogP contribution in [0.2, 0.25) is 0 Å². The van der Waals surface area contributed by atoms with Gasteiger partial charge in [0.2, 0.25) is 6.29 Å². The number of rotatable bonds is 8. The van der Waals surface area contributed by atoms with Gasteiger partial charge in [-0.05, 0) is 36.5 Å². The van der Waals surface area contributed by atoms with Gasteiger partial charge >= 0.3 is 5.97 Å². The van der Waals surface area contributed by atoms with Crippen LogP contribution in [0, 0.1) is 0 Å². The number of cyclic esters (lactones) is 1. The smallest absolute Gasteiger partial charge is 0.333 e. The summed E-state index contributed by atoms with van der Waals surface area (Å²) in [6.45, 7) is 0.601. The first-order valence-electron chi connectivity index (χ1n) is 8.56. The number of esters is 1. The Morgan fingerprint density at radius 3 is 2.52 bits per heavy atom. The summed E-state index contributed by atoms with van der Waals surface area (Å²) in [6, 6.07) is 18.4. The predicted molar refractivity (Wildman–Crippen MR) is 95.2 cm³/mol. The molecule has 2 aromatic rings. The summed E-state index contributed by atoms with van der Waals surface area (Å²) in [5, 5.41) is 9.53. The highest BCUT2D eigenvalue weighted by Gasteiger charge is 2.22. The van der Waals surface area contributed by atoms with Gasteiger partial charge in [0.05, 0.1) is 6.61 Å². The summed E-state index contributed by atoms with van der Waals surface area (Å²) < 4.78 is 10.6. The number of aliphatic hydroxyl groups is 1. The molecule has 0 aliphatic carbocycles. The number of carbonyl (C=O) groups is 1. The molecule has 0 amide bonds. The summed E-state index contributed by atoms with van der Waals surface area (Å²) in [7, 11) is 0. The van der Waals surface area contributed by atoms with E-state index in [4.69, 9.17) is 4.74 Å². The van der Waals surface area contributed by atoms with Crippen LogP contribution in [0.15, 0.2) is 66.2 Å². The summed E-state index contributed by atoms with van der Waals surface area (Å²) >= 11 is 0. The molecule has 0 saturated carbocycles. The minimum atomic E-state index is -1.07. The van der Waals surface area contributed by atoms with Crippen LogP contribution >= 0.6 is 0 Å². The maximum Gasteiger partial charge on any atom is 0.333 e.